The molecule has 1 atom stereocenters. The number of thioether (sulfide) groups is 1. The van der Waals surface area contributed by atoms with Gasteiger partial charge >= 0.3 is 0 Å². The number of carbonyl (C=O) groups is 2. The molecule has 0 aromatic heterocycles. The van der Waals surface area contributed by atoms with Gasteiger partial charge in [0.05, 0.1) is 5.75 Å². The SMILES string of the molecule is Cc1ccc(CN(C(=O)CSc2ccc(Cl)cc2)C(Cc2ccccc2)C(=O)NCC(C)C)cc1. The summed E-state index contributed by atoms with van der Waals surface area (Å²) in [5.74, 6) is 0.347. The van der Waals surface area contributed by atoms with Crippen molar-refractivity contribution in [3.05, 3.63) is 101 Å². The number of aryl methyl sites for hydroxylation is 1. The molecule has 0 fully saturated rings. The van der Waals surface area contributed by atoms with Crippen molar-refractivity contribution < 1.29 is 9.59 Å². The van der Waals surface area contributed by atoms with Crippen molar-refractivity contribution in [2.75, 3.05) is 12.3 Å². The van der Waals surface area contributed by atoms with E-state index in [1.54, 1.807) is 4.90 Å². The van der Waals surface area contributed by atoms with Gasteiger partial charge in [0.25, 0.3) is 0 Å². The summed E-state index contributed by atoms with van der Waals surface area (Å²) in [5, 5.41) is 3.72. The Labute approximate surface area is 218 Å². The van der Waals surface area contributed by atoms with E-state index < -0.39 is 6.04 Å². The van der Waals surface area contributed by atoms with Crippen LogP contribution in [0.2, 0.25) is 5.02 Å². The van der Waals surface area contributed by atoms with Gasteiger partial charge in [-0.3, -0.25) is 9.59 Å². The van der Waals surface area contributed by atoms with Crippen LogP contribution in [-0.2, 0) is 22.6 Å². The second-order valence-corrected chi connectivity index (χ2v) is 10.6. The maximum atomic E-state index is 13.6. The van der Waals surface area contributed by atoms with Crippen LogP contribution >= 0.6 is 23.4 Å². The van der Waals surface area contributed by atoms with Crippen molar-refractivity contribution in [1.82, 2.24) is 10.2 Å². The zero-order chi connectivity index (χ0) is 25.2. The van der Waals surface area contributed by atoms with E-state index in [1.807, 2.05) is 85.8 Å². The number of benzene rings is 3. The molecule has 0 saturated carbocycles. The standard InChI is InChI=1S/C29H33ClN2O2S/c1-21(2)18-31-29(34)27(17-23-7-5-4-6-8-23)32(19-24-11-9-22(3)10-12-24)28(33)20-35-26-15-13-25(30)14-16-26/h4-16,21,27H,17-20H2,1-3H3,(H,31,34). The zero-order valence-corrected chi connectivity index (χ0v) is 22.1. The molecule has 3 rings (SSSR count). The molecule has 3 aromatic rings. The Hall–Kier alpha value is -2.76. The molecule has 0 saturated heterocycles. The van der Waals surface area contributed by atoms with Crippen molar-refractivity contribution in [2.45, 2.75) is 44.7 Å². The average Bonchev–Trinajstić information content (AvgIpc) is 2.86. The van der Waals surface area contributed by atoms with E-state index in [0.717, 1.165) is 21.6 Å². The topological polar surface area (TPSA) is 49.4 Å². The molecule has 3 aromatic carbocycles. The Morgan fingerprint density at radius 2 is 1.57 bits per heavy atom. The molecule has 0 heterocycles. The lowest BCUT2D eigenvalue weighted by Crippen LogP contribution is -2.51. The lowest BCUT2D eigenvalue weighted by atomic mass is 10.0. The van der Waals surface area contributed by atoms with Crippen molar-refractivity contribution in [1.29, 1.82) is 0 Å². The average molecular weight is 509 g/mol. The van der Waals surface area contributed by atoms with Gasteiger partial charge in [-0.15, -0.1) is 11.8 Å². The maximum Gasteiger partial charge on any atom is 0.243 e. The van der Waals surface area contributed by atoms with Gasteiger partial charge in [0.15, 0.2) is 0 Å². The molecular formula is C29H33ClN2O2S. The molecule has 184 valence electrons. The Balaban J connectivity index is 1.88. The highest BCUT2D eigenvalue weighted by molar-refractivity contribution is 8.00. The number of hydrogen-bond donors (Lipinski definition) is 1. The predicted octanol–water partition coefficient (Wildman–Crippen LogP) is 6.15. The first-order chi connectivity index (χ1) is 16.8. The van der Waals surface area contributed by atoms with E-state index in [2.05, 4.69) is 19.2 Å². The van der Waals surface area contributed by atoms with Crippen LogP contribution in [0.1, 0.15) is 30.5 Å². The van der Waals surface area contributed by atoms with Crippen LogP contribution in [0, 0.1) is 12.8 Å². The molecule has 4 nitrogen and oxygen atoms in total. The summed E-state index contributed by atoms with van der Waals surface area (Å²) in [4.78, 5) is 29.7. The van der Waals surface area contributed by atoms with Gasteiger partial charge in [-0.2, -0.15) is 0 Å². The number of nitrogens with zero attached hydrogens (tertiary/aromatic N) is 1. The third-order valence-corrected chi connectivity index (χ3v) is 6.85. The molecule has 0 aliphatic rings. The number of nitrogens with one attached hydrogen (secondary N) is 1. The van der Waals surface area contributed by atoms with Crippen molar-refractivity contribution in [2.24, 2.45) is 5.92 Å². The molecule has 0 radical (unpaired) electrons. The highest BCUT2D eigenvalue weighted by atomic mass is 35.5. The normalized spacial score (nSPS) is 11.8. The van der Waals surface area contributed by atoms with Crippen LogP contribution in [0.3, 0.4) is 0 Å². The predicted molar refractivity (Wildman–Crippen MR) is 146 cm³/mol. The summed E-state index contributed by atoms with van der Waals surface area (Å²) in [7, 11) is 0. The fraction of sp³-hybridized carbons (Fsp3) is 0.310. The summed E-state index contributed by atoms with van der Waals surface area (Å²) in [5.41, 5.74) is 3.17. The molecule has 0 spiro atoms. The molecule has 0 aliphatic heterocycles. The van der Waals surface area contributed by atoms with Crippen LogP contribution in [0.15, 0.2) is 83.8 Å². The Morgan fingerprint density at radius 1 is 0.914 bits per heavy atom. The highest BCUT2D eigenvalue weighted by Gasteiger charge is 2.30. The van der Waals surface area contributed by atoms with Crippen LogP contribution in [0.25, 0.3) is 0 Å². The van der Waals surface area contributed by atoms with Gasteiger partial charge in [-0.1, -0.05) is 85.6 Å². The van der Waals surface area contributed by atoms with Gasteiger partial charge in [0.1, 0.15) is 6.04 Å². The molecule has 2 amide bonds. The van der Waals surface area contributed by atoms with E-state index in [0.29, 0.717) is 30.5 Å². The van der Waals surface area contributed by atoms with Gasteiger partial charge in [-0.25, -0.2) is 0 Å². The number of amides is 2. The second-order valence-electron chi connectivity index (χ2n) is 9.09. The smallest absolute Gasteiger partial charge is 0.243 e. The van der Waals surface area contributed by atoms with Gasteiger partial charge in [0.2, 0.25) is 11.8 Å². The molecular weight excluding hydrogens is 476 g/mol. The van der Waals surface area contributed by atoms with E-state index in [9.17, 15) is 9.59 Å². The number of rotatable bonds is 11. The Kier molecular flexibility index (Phi) is 10.2. The first-order valence-corrected chi connectivity index (χ1v) is 13.2. The van der Waals surface area contributed by atoms with Crippen molar-refractivity contribution >= 4 is 35.2 Å². The minimum absolute atomic E-state index is 0.0776. The summed E-state index contributed by atoms with van der Waals surface area (Å²) < 4.78 is 0. The van der Waals surface area contributed by atoms with Crippen LogP contribution in [-0.4, -0.2) is 35.1 Å². The monoisotopic (exact) mass is 508 g/mol. The van der Waals surface area contributed by atoms with Gasteiger partial charge in [-0.05, 0) is 48.2 Å². The summed E-state index contributed by atoms with van der Waals surface area (Å²) >= 11 is 7.45. The maximum absolute atomic E-state index is 13.6. The van der Waals surface area contributed by atoms with E-state index in [1.165, 1.54) is 11.8 Å². The van der Waals surface area contributed by atoms with Crippen LogP contribution < -0.4 is 5.32 Å². The van der Waals surface area contributed by atoms with E-state index in [-0.39, 0.29) is 17.6 Å². The first kappa shape index (κ1) is 26.8. The fourth-order valence-corrected chi connectivity index (χ4v) is 4.54. The summed E-state index contributed by atoms with van der Waals surface area (Å²) in [6.45, 7) is 7.09. The van der Waals surface area contributed by atoms with Crippen LogP contribution in [0.4, 0.5) is 0 Å². The summed E-state index contributed by atoms with van der Waals surface area (Å²) in [6, 6.07) is 24.8. The zero-order valence-electron chi connectivity index (χ0n) is 20.5. The van der Waals surface area contributed by atoms with Gasteiger partial charge < -0.3 is 10.2 Å². The highest BCUT2D eigenvalue weighted by Crippen LogP contribution is 2.23. The second kappa shape index (κ2) is 13.4. The van der Waals surface area contributed by atoms with Crippen molar-refractivity contribution in [3.63, 3.8) is 0 Å². The molecule has 0 aliphatic carbocycles. The third kappa shape index (κ3) is 8.75. The largest absolute Gasteiger partial charge is 0.354 e. The molecule has 1 unspecified atom stereocenters. The van der Waals surface area contributed by atoms with Crippen LogP contribution in [0.5, 0.6) is 0 Å². The lowest BCUT2D eigenvalue weighted by molar-refractivity contribution is -0.139. The van der Waals surface area contributed by atoms with Gasteiger partial charge in [0, 0.05) is 29.4 Å². The summed E-state index contributed by atoms with van der Waals surface area (Å²) in [6.07, 6.45) is 0.452. The minimum atomic E-state index is -0.615. The Bertz CT molecular complexity index is 1090. The quantitative estimate of drug-likeness (QED) is 0.316. The fourth-order valence-electron chi connectivity index (χ4n) is 3.63. The van der Waals surface area contributed by atoms with E-state index >= 15 is 0 Å². The Morgan fingerprint density at radius 3 is 2.20 bits per heavy atom. The van der Waals surface area contributed by atoms with Crippen molar-refractivity contribution in [3.8, 4) is 0 Å². The number of halogens is 1. The number of carbonyl (C=O) groups excluding carboxylic acids is 2. The third-order valence-electron chi connectivity index (χ3n) is 5.61. The number of hydrogen-bond acceptors (Lipinski definition) is 3. The molecule has 0 bridgehead atoms. The lowest BCUT2D eigenvalue weighted by Gasteiger charge is -2.32. The first-order valence-electron chi connectivity index (χ1n) is 11.9. The molecule has 1 N–H and O–H groups in total. The molecule has 6 heteroatoms. The minimum Gasteiger partial charge on any atom is -0.354 e. The van der Waals surface area contributed by atoms with E-state index in [4.69, 9.17) is 11.6 Å². The molecule has 35 heavy (non-hydrogen) atoms.